The maximum atomic E-state index is 12.6. The molecule has 9 heteroatoms. The number of rotatable bonds is 6. The van der Waals surface area contributed by atoms with Gasteiger partial charge in [0, 0.05) is 64.6 Å². The molecule has 0 spiro atoms. The Morgan fingerprint density at radius 2 is 1.76 bits per heavy atom. The molecule has 0 aromatic carbocycles. The van der Waals surface area contributed by atoms with Gasteiger partial charge in [0.2, 0.25) is 5.95 Å². The molecule has 0 saturated carbocycles. The smallest absolute Gasteiger partial charge is 0.409 e. The van der Waals surface area contributed by atoms with E-state index in [4.69, 9.17) is 4.74 Å². The topological polar surface area (TPSA) is 91.8 Å². The van der Waals surface area contributed by atoms with Gasteiger partial charge in [0.25, 0.3) is 5.91 Å². The molecule has 2 aromatic rings. The van der Waals surface area contributed by atoms with Gasteiger partial charge in [-0.1, -0.05) is 0 Å². The van der Waals surface area contributed by atoms with Gasteiger partial charge in [0.1, 0.15) is 0 Å². The minimum absolute atomic E-state index is 0.113. The minimum atomic E-state index is -0.288. The number of hydrogen-bond acceptors (Lipinski definition) is 7. The van der Waals surface area contributed by atoms with E-state index in [1.54, 1.807) is 48.6 Å². The van der Waals surface area contributed by atoms with E-state index in [2.05, 4.69) is 15.0 Å². The zero-order valence-corrected chi connectivity index (χ0v) is 16.8. The fourth-order valence-electron chi connectivity index (χ4n) is 3.07. The summed E-state index contributed by atoms with van der Waals surface area (Å²) in [6.07, 6.45) is 7.08. The molecule has 2 amide bonds. The summed E-state index contributed by atoms with van der Waals surface area (Å²) in [6.45, 7) is 5.12. The Morgan fingerprint density at radius 3 is 2.38 bits per heavy atom. The average molecular weight is 398 g/mol. The number of ether oxygens (including phenoxy) is 1. The van der Waals surface area contributed by atoms with Crippen LogP contribution >= 0.6 is 0 Å². The van der Waals surface area contributed by atoms with Gasteiger partial charge in [-0.15, -0.1) is 0 Å². The van der Waals surface area contributed by atoms with Gasteiger partial charge in [-0.25, -0.2) is 14.8 Å². The van der Waals surface area contributed by atoms with Crippen molar-refractivity contribution in [2.45, 2.75) is 13.3 Å². The van der Waals surface area contributed by atoms with E-state index < -0.39 is 0 Å². The number of carbonyl (C=O) groups is 2. The third kappa shape index (κ3) is 5.40. The zero-order chi connectivity index (χ0) is 20.6. The van der Waals surface area contributed by atoms with E-state index in [1.807, 2.05) is 17.0 Å². The molecule has 1 saturated heterocycles. The van der Waals surface area contributed by atoms with Crippen molar-refractivity contribution in [1.29, 1.82) is 0 Å². The van der Waals surface area contributed by atoms with E-state index in [-0.39, 0.29) is 12.0 Å². The predicted molar refractivity (Wildman–Crippen MR) is 108 cm³/mol. The lowest BCUT2D eigenvalue weighted by Crippen LogP contribution is -2.49. The number of nitrogens with zero attached hydrogens (tertiary/aromatic N) is 6. The largest absolute Gasteiger partial charge is 0.450 e. The van der Waals surface area contributed by atoms with Crippen molar-refractivity contribution >= 4 is 17.9 Å². The van der Waals surface area contributed by atoms with Crippen LogP contribution in [0.4, 0.5) is 10.7 Å². The Labute approximate surface area is 170 Å². The third-order valence-electron chi connectivity index (χ3n) is 4.81. The lowest BCUT2D eigenvalue weighted by molar-refractivity contribution is 0.0795. The number of anilines is 1. The Bertz CT molecular complexity index is 807. The molecule has 0 N–H and O–H groups in total. The van der Waals surface area contributed by atoms with Crippen LogP contribution < -0.4 is 4.90 Å². The molecule has 154 valence electrons. The Kier molecular flexibility index (Phi) is 6.94. The normalized spacial score (nSPS) is 13.9. The second-order valence-corrected chi connectivity index (χ2v) is 6.78. The number of piperazine rings is 1. The Morgan fingerprint density at radius 1 is 1.10 bits per heavy atom. The van der Waals surface area contributed by atoms with Crippen LogP contribution in [0.3, 0.4) is 0 Å². The number of carbonyl (C=O) groups excluding carboxylic acids is 2. The first-order chi connectivity index (χ1) is 14.1. The van der Waals surface area contributed by atoms with Crippen molar-refractivity contribution in [3.05, 3.63) is 48.0 Å². The lowest BCUT2D eigenvalue weighted by atomic mass is 10.2. The molecule has 1 aliphatic rings. The minimum Gasteiger partial charge on any atom is -0.450 e. The second kappa shape index (κ2) is 9.81. The van der Waals surface area contributed by atoms with Gasteiger partial charge in [0.15, 0.2) is 0 Å². The van der Waals surface area contributed by atoms with E-state index in [0.29, 0.717) is 50.8 Å². The zero-order valence-electron chi connectivity index (χ0n) is 16.8. The molecule has 0 aliphatic carbocycles. The SMILES string of the molecule is CCOC(=O)N1CCN(c2ncc(C(=O)N(C)CCc3ccncc3)cn2)CC1. The van der Waals surface area contributed by atoms with Crippen LogP contribution in [0.5, 0.6) is 0 Å². The number of likely N-dealkylation sites (N-methyl/N-ethyl adjacent to an activating group) is 1. The number of pyridine rings is 1. The molecule has 0 atom stereocenters. The van der Waals surface area contributed by atoms with Crippen LogP contribution in [0.1, 0.15) is 22.8 Å². The third-order valence-corrected chi connectivity index (χ3v) is 4.81. The van der Waals surface area contributed by atoms with E-state index in [1.165, 1.54) is 0 Å². The van der Waals surface area contributed by atoms with Crippen LogP contribution in [0.2, 0.25) is 0 Å². The van der Waals surface area contributed by atoms with Crippen molar-refractivity contribution in [3.63, 3.8) is 0 Å². The first-order valence-corrected chi connectivity index (χ1v) is 9.71. The van der Waals surface area contributed by atoms with Gasteiger partial charge in [-0.2, -0.15) is 0 Å². The van der Waals surface area contributed by atoms with Crippen LogP contribution in [0.25, 0.3) is 0 Å². The van der Waals surface area contributed by atoms with Crippen LogP contribution in [-0.4, -0.2) is 83.1 Å². The Hall–Kier alpha value is -3.23. The number of hydrogen-bond donors (Lipinski definition) is 0. The summed E-state index contributed by atoms with van der Waals surface area (Å²) in [5.41, 5.74) is 1.59. The monoisotopic (exact) mass is 398 g/mol. The molecular formula is C20H26N6O3. The first kappa shape index (κ1) is 20.5. The molecule has 1 fully saturated rings. The highest BCUT2D eigenvalue weighted by Gasteiger charge is 2.23. The summed E-state index contributed by atoms with van der Waals surface area (Å²) in [5.74, 6) is 0.447. The molecule has 29 heavy (non-hydrogen) atoms. The lowest BCUT2D eigenvalue weighted by Gasteiger charge is -2.33. The molecule has 3 heterocycles. The fraction of sp³-hybridized carbons (Fsp3) is 0.450. The molecule has 1 aliphatic heterocycles. The first-order valence-electron chi connectivity index (χ1n) is 9.71. The maximum Gasteiger partial charge on any atom is 0.409 e. The molecular weight excluding hydrogens is 372 g/mol. The molecule has 9 nitrogen and oxygen atoms in total. The van der Waals surface area contributed by atoms with Crippen LogP contribution in [0.15, 0.2) is 36.9 Å². The summed E-state index contributed by atoms with van der Waals surface area (Å²) in [5, 5.41) is 0. The summed E-state index contributed by atoms with van der Waals surface area (Å²) in [7, 11) is 1.77. The summed E-state index contributed by atoms with van der Waals surface area (Å²) in [4.78, 5) is 42.4. The summed E-state index contributed by atoms with van der Waals surface area (Å²) in [6, 6.07) is 3.88. The summed E-state index contributed by atoms with van der Waals surface area (Å²) < 4.78 is 5.03. The van der Waals surface area contributed by atoms with Crippen molar-refractivity contribution in [2.24, 2.45) is 0 Å². The molecule has 0 unspecified atom stereocenters. The standard InChI is InChI=1S/C20H26N6O3/c1-3-29-20(28)26-12-10-25(11-13-26)19-22-14-17(15-23-19)18(27)24(2)9-6-16-4-7-21-8-5-16/h4-5,7-8,14-15H,3,6,9-13H2,1-2H3. The maximum absolute atomic E-state index is 12.6. The number of amides is 2. The van der Waals surface area contributed by atoms with Gasteiger partial charge in [0.05, 0.1) is 12.2 Å². The molecule has 0 radical (unpaired) electrons. The highest BCUT2D eigenvalue weighted by atomic mass is 16.6. The van der Waals surface area contributed by atoms with Crippen LogP contribution in [0, 0.1) is 0 Å². The molecule has 0 bridgehead atoms. The van der Waals surface area contributed by atoms with E-state index in [0.717, 1.165) is 12.0 Å². The Balaban J connectivity index is 1.52. The van der Waals surface area contributed by atoms with Crippen molar-refractivity contribution < 1.29 is 14.3 Å². The average Bonchev–Trinajstić information content (AvgIpc) is 2.78. The van der Waals surface area contributed by atoms with Crippen molar-refractivity contribution in [3.8, 4) is 0 Å². The van der Waals surface area contributed by atoms with Gasteiger partial charge < -0.3 is 19.4 Å². The van der Waals surface area contributed by atoms with Crippen molar-refractivity contribution in [2.75, 3.05) is 51.3 Å². The van der Waals surface area contributed by atoms with Gasteiger partial charge in [-0.05, 0) is 31.0 Å². The second-order valence-electron chi connectivity index (χ2n) is 6.78. The summed E-state index contributed by atoms with van der Waals surface area (Å²) >= 11 is 0. The quantitative estimate of drug-likeness (QED) is 0.727. The van der Waals surface area contributed by atoms with Crippen molar-refractivity contribution in [1.82, 2.24) is 24.8 Å². The predicted octanol–water partition coefficient (Wildman–Crippen LogP) is 1.46. The van der Waals surface area contributed by atoms with Gasteiger partial charge >= 0.3 is 6.09 Å². The van der Waals surface area contributed by atoms with E-state index >= 15 is 0 Å². The van der Waals surface area contributed by atoms with E-state index in [9.17, 15) is 9.59 Å². The number of aromatic nitrogens is 3. The molecule has 2 aromatic heterocycles. The highest BCUT2D eigenvalue weighted by Crippen LogP contribution is 2.12. The fourth-order valence-corrected chi connectivity index (χ4v) is 3.07. The van der Waals surface area contributed by atoms with Crippen LogP contribution in [-0.2, 0) is 11.2 Å². The highest BCUT2D eigenvalue weighted by molar-refractivity contribution is 5.93. The van der Waals surface area contributed by atoms with Gasteiger partial charge in [-0.3, -0.25) is 9.78 Å². The molecule has 3 rings (SSSR count).